The Morgan fingerprint density at radius 3 is 2.43 bits per heavy atom. The second kappa shape index (κ2) is 4.19. The van der Waals surface area contributed by atoms with Gasteiger partial charge in [-0.1, -0.05) is 19.3 Å². The van der Waals surface area contributed by atoms with Gasteiger partial charge in [0.1, 0.15) is 0 Å². The van der Waals surface area contributed by atoms with Gasteiger partial charge >= 0.3 is 0 Å². The maximum absolute atomic E-state index is 5.76. The van der Waals surface area contributed by atoms with Crippen LogP contribution in [0.15, 0.2) is 0 Å². The van der Waals surface area contributed by atoms with Gasteiger partial charge in [0.2, 0.25) is 0 Å². The van der Waals surface area contributed by atoms with E-state index in [1.54, 1.807) is 0 Å². The zero-order chi connectivity index (χ0) is 10.0. The fraction of sp³-hybridized carbons (Fsp3) is 1.00. The topological polar surface area (TPSA) is 29.3 Å². The molecule has 1 aliphatic heterocycles. The number of hydrogen-bond acceptors (Lipinski definition) is 2. The van der Waals surface area contributed by atoms with Crippen LogP contribution < -0.4 is 5.73 Å². The lowest BCUT2D eigenvalue weighted by atomic mass is 9.68. The van der Waals surface area contributed by atoms with Crippen LogP contribution in [0.25, 0.3) is 0 Å². The van der Waals surface area contributed by atoms with Gasteiger partial charge in [0, 0.05) is 19.1 Å². The fourth-order valence-electron chi connectivity index (χ4n) is 3.06. The molecule has 0 bridgehead atoms. The highest BCUT2D eigenvalue weighted by molar-refractivity contribution is 4.96. The third-order valence-corrected chi connectivity index (χ3v) is 3.93. The Morgan fingerprint density at radius 1 is 1.21 bits per heavy atom. The van der Waals surface area contributed by atoms with E-state index in [9.17, 15) is 0 Å². The first-order valence-corrected chi connectivity index (χ1v) is 6.18. The summed E-state index contributed by atoms with van der Waals surface area (Å²) in [6.45, 7) is 6.05. The van der Waals surface area contributed by atoms with E-state index in [0.717, 1.165) is 11.8 Å². The number of hydrogen-bond donors (Lipinski definition) is 1. The van der Waals surface area contributed by atoms with Crippen molar-refractivity contribution in [2.24, 2.45) is 11.1 Å². The summed E-state index contributed by atoms with van der Waals surface area (Å²) in [6, 6.07) is 0.373. The summed E-state index contributed by atoms with van der Waals surface area (Å²) in [4.78, 5) is 2.59. The van der Waals surface area contributed by atoms with Crippen LogP contribution in [0.4, 0.5) is 0 Å². The molecular formula is C12H24N2. The Balaban J connectivity index is 1.67. The van der Waals surface area contributed by atoms with Crippen molar-refractivity contribution in [3.8, 4) is 0 Å². The van der Waals surface area contributed by atoms with E-state index in [1.807, 2.05) is 0 Å². The highest BCUT2D eigenvalue weighted by Crippen LogP contribution is 2.43. The SMILES string of the molecule is CC(N)CCN1CC2(CCCCC2)C1. The molecule has 82 valence electrons. The molecule has 1 saturated carbocycles. The van der Waals surface area contributed by atoms with Crippen molar-refractivity contribution in [2.45, 2.75) is 51.5 Å². The van der Waals surface area contributed by atoms with E-state index >= 15 is 0 Å². The molecule has 0 aromatic carbocycles. The van der Waals surface area contributed by atoms with E-state index in [-0.39, 0.29) is 0 Å². The van der Waals surface area contributed by atoms with Gasteiger partial charge < -0.3 is 10.6 Å². The molecular weight excluding hydrogens is 172 g/mol. The van der Waals surface area contributed by atoms with Crippen molar-refractivity contribution in [3.63, 3.8) is 0 Å². The van der Waals surface area contributed by atoms with E-state index in [4.69, 9.17) is 5.73 Å². The minimum Gasteiger partial charge on any atom is -0.328 e. The van der Waals surface area contributed by atoms with Crippen LogP contribution in [0.1, 0.15) is 45.4 Å². The second-order valence-electron chi connectivity index (χ2n) is 5.54. The molecule has 0 radical (unpaired) electrons. The van der Waals surface area contributed by atoms with Gasteiger partial charge in [-0.2, -0.15) is 0 Å². The average Bonchev–Trinajstić information content (AvgIpc) is 2.12. The zero-order valence-corrected chi connectivity index (χ0v) is 9.47. The zero-order valence-electron chi connectivity index (χ0n) is 9.47. The van der Waals surface area contributed by atoms with Crippen molar-refractivity contribution in [2.75, 3.05) is 19.6 Å². The third-order valence-electron chi connectivity index (χ3n) is 3.93. The lowest BCUT2D eigenvalue weighted by Gasteiger charge is -2.52. The van der Waals surface area contributed by atoms with Crippen LogP contribution in [0.3, 0.4) is 0 Å². The first-order chi connectivity index (χ1) is 6.70. The number of nitrogens with two attached hydrogens (primary N) is 1. The molecule has 2 rings (SSSR count). The molecule has 0 aromatic heterocycles. The average molecular weight is 196 g/mol. The molecule has 1 heterocycles. The summed E-state index contributed by atoms with van der Waals surface area (Å²) in [5.41, 5.74) is 6.51. The lowest BCUT2D eigenvalue weighted by molar-refractivity contribution is -0.0287. The van der Waals surface area contributed by atoms with Gasteiger partial charge in [-0.3, -0.25) is 0 Å². The molecule has 1 unspecified atom stereocenters. The Kier molecular flexibility index (Phi) is 3.13. The maximum atomic E-state index is 5.76. The number of nitrogens with zero attached hydrogens (tertiary/aromatic N) is 1. The first kappa shape index (κ1) is 10.4. The summed E-state index contributed by atoms with van der Waals surface area (Å²) in [5.74, 6) is 0. The van der Waals surface area contributed by atoms with Gasteiger partial charge in [0.05, 0.1) is 0 Å². The van der Waals surface area contributed by atoms with Crippen LogP contribution in [-0.2, 0) is 0 Å². The highest BCUT2D eigenvalue weighted by atomic mass is 15.2. The van der Waals surface area contributed by atoms with Crippen LogP contribution >= 0.6 is 0 Å². The van der Waals surface area contributed by atoms with E-state index in [2.05, 4.69) is 11.8 Å². The molecule has 1 aliphatic carbocycles. The normalized spacial score (nSPS) is 28.7. The van der Waals surface area contributed by atoms with Crippen LogP contribution in [0, 0.1) is 5.41 Å². The van der Waals surface area contributed by atoms with Crippen molar-refractivity contribution >= 4 is 0 Å². The summed E-state index contributed by atoms with van der Waals surface area (Å²) >= 11 is 0. The van der Waals surface area contributed by atoms with Gasteiger partial charge in [-0.05, 0) is 38.1 Å². The Labute approximate surface area is 87.8 Å². The smallest absolute Gasteiger partial charge is 0.00505 e. The minimum atomic E-state index is 0.373. The predicted molar refractivity (Wildman–Crippen MR) is 60.2 cm³/mol. The largest absolute Gasteiger partial charge is 0.328 e. The second-order valence-corrected chi connectivity index (χ2v) is 5.54. The van der Waals surface area contributed by atoms with Gasteiger partial charge in [-0.15, -0.1) is 0 Å². The standard InChI is InChI=1S/C12H24N2/c1-11(13)5-8-14-9-12(10-14)6-3-2-4-7-12/h11H,2-10,13H2,1H3. The first-order valence-electron chi connectivity index (χ1n) is 6.18. The van der Waals surface area contributed by atoms with Gasteiger partial charge in [-0.25, -0.2) is 0 Å². The molecule has 2 aliphatic rings. The molecule has 2 heteroatoms. The third kappa shape index (κ3) is 2.29. The number of rotatable bonds is 3. The fourth-order valence-corrected chi connectivity index (χ4v) is 3.06. The highest BCUT2D eigenvalue weighted by Gasteiger charge is 2.42. The summed E-state index contributed by atoms with van der Waals surface area (Å²) in [6.07, 6.45) is 8.56. The molecule has 14 heavy (non-hydrogen) atoms. The molecule has 1 saturated heterocycles. The molecule has 2 fully saturated rings. The van der Waals surface area contributed by atoms with Crippen LogP contribution in [0.2, 0.25) is 0 Å². The van der Waals surface area contributed by atoms with Gasteiger partial charge in [0.25, 0.3) is 0 Å². The maximum Gasteiger partial charge on any atom is 0.00505 e. The van der Waals surface area contributed by atoms with Crippen molar-refractivity contribution in [3.05, 3.63) is 0 Å². The van der Waals surface area contributed by atoms with Crippen molar-refractivity contribution in [1.82, 2.24) is 4.90 Å². The molecule has 2 N–H and O–H groups in total. The minimum absolute atomic E-state index is 0.373. The molecule has 0 aromatic rings. The molecule has 2 nitrogen and oxygen atoms in total. The molecule has 1 atom stereocenters. The lowest BCUT2D eigenvalue weighted by Crippen LogP contribution is -2.57. The Morgan fingerprint density at radius 2 is 1.86 bits per heavy atom. The molecule has 1 spiro atoms. The molecule has 0 amide bonds. The van der Waals surface area contributed by atoms with E-state index in [1.165, 1.54) is 51.7 Å². The quantitative estimate of drug-likeness (QED) is 0.748. The van der Waals surface area contributed by atoms with E-state index < -0.39 is 0 Å². The van der Waals surface area contributed by atoms with Gasteiger partial charge in [0.15, 0.2) is 0 Å². The van der Waals surface area contributed by atoms with Crippen molar-refractivity contribution in [1.29, 1.82) is 0 Å². The predicted octanol–water partition coefficient (Wildman–Crippen LogP) is 1.99. The Hall–Kier alpha value is -0.0800. The van der Waals surface area contributed by atoms with Crippen LogP contribution in [-0.4, -0.2) is 30.6 Å². The summed E-state index contributed by atoms with van der Waals surface area (Å²) < 4.78 is 0. The summed E-state index contributed by atoms with van der Waals surface area (Å²) in [5, 5.41) is 0. The monoisotopic (exact) mass is 196 g/mol. The van der Waals surface area contributed by atoms with E-state index in [0.29, 0.717) is 6.04 Å². The summed E-state index contributed by atoms with van der Waals surface area (Å²) in [7, 11) is 0. The number of likely N-dealkylation sites (tertiary alicyclic amines) is 1. The van der Waals surface area contributed by atoms with Crippen LogP contribution in [0.5, 0.6) is 0 Å². The Bertz CT molecular complexity index is 175. The van der Waals surface area contributed by atoms with Crippen molar-refractivity contribution < 1.29 is 0 Å².